The number of primary amides is 1. The van der Waals surface area contributed by atoms with E-state index < -0.39 is 6.03 Å². The number of carbonyl (C=O) groups excluding carboxylic acids is 1. The molecular formula is C9H10ClN3O3. The number of hydrogen-bond acceptors (Lipinski definition) is 4. The van der Waals surface area contributed by atoms with Gasteiger partial charge in [-0.2, -0.15) is 5.10 Å². The highest BCUT2D eigenvalue weighted by Crippen LogP contribution is 2.31. The summed E-state index contributed by atoms with van der Waals surface area (Å²) in [7, 11) is 1.41. The van der Waals surface area contributed by atoms with Crippen LogP contribution in [0.15, 0.2) is 17.2 Å². The molecule has 1 aromatic carbocycles. The first kappa shape index (κ1) is 12.1. The molecule has 0 aliphatic heterocycles. The van der Waals surface area contributed by atoms with Gasteiger partial charge >= 0.3 is 6.03 Å². The van der Waals surface area contributed by atoms with Gasteiger partial charge in [0, 0.05) is 11.6 Å². The number of nitrogens with one attached hydrogen (secondary N) is 1. The Morgan fingerprint density at radius 1 is 1.69 bits per heavy atom. The summed E-state index contributed by atoms with van der Waals surface area (Å²) in [6, 6.07) is 2.01. The van der Waals surface area contributed by atoms with Gasteiger partial charge in [-0.25, -0.2) is 10.2 Å². The molecule has 6 nitrogen and oxygen atoms in total. The topological polar surface area (TPSA) is 96.9 Å². The van der Waals surface area contributed by atoms with Gasteiger partial charge in [0.2, 0.25) is 0 Å². The molecule has 0 spiro atoms. The maximum Gasteiger partial charge on any atom is 0.332 e. The van der Waals surface area contributed by atoms with Gasteiger partial charge in [-0.1, -0.05) is 11.6 Å². The van der Waals surface area contributed by atoms with Gasteiger partial charge in [0.25, 0.3) is 0 Å². The molecule has 0 heterocycles. The number of phenols is 1. The van der Waals surface area contributed by atoms with E-state index in [2.05, 4.69) is 5.10 Å². The zero-order chi connectivity index (χ0) is 12.1. The number of halogens is 1. The Balaban J connectivity index is 2.95. The predicted octanol–water partition coefficient (Wildman–Crippen LogP) is 1.06. The van der Waals surface area contributed by atoms with Gasteiger partial charge < -0.3 is 15.6 Å². The van der Waals surface area contributed by atoms with E-state index in [1.807, 2.05) is 5.43 Å². The second-order valence-corrected chi connectivity index (χ2v) is 3.19. The lowest BCUT2D eigenvalue weighted by Gasteiger charge is -2.05. The largest absolute Gasteiger partial charge is 0.504 e. The molecule has 86 valence electrons. The van der Waals surface area contributed by atoms with Gasteiger partial charge in [-0.15, -0.1) is 0 Å². The fraction of sp³-hybridized carbons (Fsp3) is 0.111. The Morgan fingerprint density at radius 2 is 2.38 bits per heavy atom. The van der Waals surface area contributed by atoms with Crippen molar-refractivity contribution >= 4 is 23.8 Å². The van der Waals surface area contributed by atoms with E-state index in [1.54, 1.807) is 0 Å². The van der Waals surface area contributed by atoms with Crippen LogP contribution in [0, 0.1) is 0 Å². The lowest BCUT2D eigenvalue weighted by Crippen LogP contribution is -2.24. The van der Waals surface area contributed by atoms with Crippen LogP contribution in [0.1, 0.15) is 5.56 Å². The fourth-order valence-corrected chi connectivity index (χ4v) is 1.19. The maximum atomic E-state index is 10.4. The quantitative estimate of drug-likeness (QED) is 0.547. The number of hydrogen-bond donors (Lipinski definition) is 3. The highest BCUT2D eigenvalue weighted by atomic mass is 35.5. The van der Waals surface area contributed by atoms with Crippen LogP contribution in [-0.2, 0) is 0 Å². The van der Waals surface area contributed by atoms with Crippen LogP contribution in [0.25, 0.3) is 0 Å². The van der Waals surface area contributed by atoms with Crippen LogP contribution in [-0.4, -0.2) is 24.5 Å². The van der Waals surface area contributed by atoms with Gasteiger partial charge in [0.15, 0.2) is 11.5 Å². The van der Waals surface area contributed by atoms with Crippen molar-refractivity contribution in [2.24, 2.45) is 10.8 Å². The summed E-state index contributed by atoms with van der Waals surface area (Å²) in [5, 5.41) is 13.2. The van der Waals surface area contributed by atoms with Crippen molar-refractivity contribution in [1.29, 1.82) is 0 Å². The van der Waals surface area contributed by atoms with Crippen LogP contribution in [0.5, 0.6) is 11.5 Å². The van der Waals surface area contributed by atoms with Crippen LogP contribution >= 0.6 is 11.6 Å². The molecule has 2 amide bonds. The highest BCUT2D eigenvalue weighted by molar-refractivity contribution is 6.33. The molecule has 0 saturated heterocycles. The first-order chi connectivity index (χ1) is 7.54. The molecule has 7 heteroatoms. The zero-order valence-corrected chi connectivity index (χ0v) is 9.15. The minimum absolute atomic E-state index is 0.0764. The van der Waals surface area contributed by atoms with Crippen molar-refractivity contribution in [1.82, 2.24) is 5.43 Å². The first-order valence-electron chi connectivity index (χ1n) is 4.19. The molecular weight excluding hydrogens is 234 g/mol. The van der Waals surface area contributed by atoms with Gasteiger partial charge in [0.05, 0.1) is 18.3 Å². The molecule has 0 unspecified atom stereocenters. The van der Waals surface area contributed by atoms with Gasteiger partial charge in [-0.05, 0) is 6.07 Å². The Hall–Kier alpha value is -1.95. The third-order valence-electron chi connectivity index (χ3n) is 1.68. The third kappa shape index (κ3) is 3.03. The molecule has 0 saturated carbocycles. The van der Waals surface area contributed by atoms with Crippen molar-refractivity contribution in [2.45, 2.75) is 0 Å². The number of hydrazone groups is 1. The van der Waals surface area contributed by atoms with Crippen molar-refractivity contribution < 1.29 is 14.6 Å². The molecule has 0 radical (unpaired) electrons. The number of phenolic OH excluding ortho intramolecular Hbond substituents is 1. The van der Waals surface area contributed by atoms with E-state index in [-0.39, 0.29) is 16.5 Å². The lowest BCUT2D eigenvalue weighted by atomic mass is 10.2. The molecule has 1 aromatic rings. The van der Waals surface area contributed by atoms with Crippen LogP contribution in [0.4, 0.5) is 4.79 Å². The molecule has 0 aromatic heterocycles. The summed E-state index contributed by atoms with van der Waals surface area (Å²) in [5.74, 6) is 0.178. The van der Waals surface area contributed by atoms with Crippen LogP contribution in [0.3, 0.4) is 0 Å². The van der Waals surface area contributed by atoms with E-state index in [9.17, 15) is 9.90 Å². The number of nitrogens with two attached hydrogens (primary N) is 1. The van der Waals surface area contributed by atoms with Crippen molar-refractivity contribution in [3.63, 3.8) is 0 Å². The van der Waals surface area contributed by atoms with E-state index in [0.29, 0.717) is 5.56 Å². The molecule has 0 atom stereocenters. The second-order valence-electron chi connectivity index (χ2n) is 2.78. The number of ether oxygens (including phenoxy) is 1. The average molecular weight is 244 g/mol. The third-order valence-corrected chi connectivity index (χ3v) is 2.00. The van der Waals surface area contributed by atoms with E-state index in [4.69, 9.17) is 22.1 Å². The minimum Gasteiger partial charge on any atom is -0.504 e. The van der Waals surface area contributed by atoms with Gasteiger partial charge in [0.1, 0.15) is 0 Å². The number of methoxy groups -OCH3 is 1. The number of carbonyl (C=O) groups is 1. The van der Waals surface area contributed by atoms with E-state index in [0.717, 1.165) is 0 Å². The predicted molar refractivity (Wildman–Crippen MR) is 60.0 cm³/mol. The summed E-state index contributed by atoms with van der Waals surface area (Å²) in [6.45, 7) is 0. The van der Waals surface area contributed by atoms with Crippen molar-refractivity contribution in [3.05, 3.63) is 22.7 Å². The summed E-state index contributed by atoms with van der Waals surface area (Å²) >= 11 is 5.82. The summed E-state index contributed by atoms with van der Waals surface area (Å²) < 4.78 is 4.89. The minimum atomic E-state index is -0.780. The second kappa shape index (κ2) is 5.22. The van der Waals surface area contributed by atoms with E-state index >= 15 is 0 Å². The molecule has 0 bridgehead atoms. The van der Waals surface area contributed by atoms with Crippen LogP contribution in [0.2, 0.25) is 5.02 Å². The SMILES string of the molecule is COc1cc(/C=N/NC(N)=O)c(Cl)cc1O. The summed E-state index contributed by atoms with van der Waals surface area (Å²) in [4.78, 5) is 10.4. The molecule has 4 N–H and O–H groups in total. The van der Waals surface area contributed by atoms with Crippen molar-refractivity contribution in [2.75, 3.05) is 7.11 Å². The normalized spacial score (nSPS) is 10.4. The van der Waals surface area contributed by atoms with Gasteiger partial charge in [-0.3, -0.25) is 0 Å². The number of aromatic hydroxyl groups is 1. The monoisotopic (exact) mass is 243 g/mol. The zero-order valence-electron chi connectivity index (χ0n) is 8.40. The molecule has 1 rings (SSSR count). The Kier molecular flexibility index (Phi) is 3.96. The molecule has 16 heavy (non-hydrogen) atoms. The number of rotatable bonds is 3. The lowest BCUT2D eigenvalue weighted by molar-refractivity contribution is 0.249. The Morgan fingerprint density at radius 3 is 2.94 bits per heavy atom. The Labute approximate surface area is 96.7 Å². The maximum absolute atomic E-state index is 10.4. The molecule has 0 aliphatic rings. The number of nitrogens with zero attached hydrogens (tertiary/aromatic N) is 1. The average Bonchev–Trinajstić information content (AvgIpc) is 2.20. The fourth-order valence-electron chi connectivity index (χ4n) is 0.986. The van der Waals surface area contributed by atoms with Crippen molar-refractivity contribution in [3.8, 4) is 11.5 Å². The number of benzene rings is 1. The van der Waals surface area contributed by atoms with Crippen LogP contribution < -0.4 is 15.9 Å². The first-order valence-corrected chi connectivity index (χ1v) is 4.57. The number of amides is 2. The highest BCUT2D eigenvalue weighted by Gasteiger charge is 2.06. The molecule has 0 fully saturated rings. The summed E-state index contributed by atoms with van der Waals surface area (Å²) in [5.41, 5.74) is 7.31. The number of urea groups is 1. The Bertz CT molecular complexity index is 434. The standard InChI is InChI=1S/C9H10ClN3O3/c1-16-8-2-5(4-12-13-9(11)15)6(10)3-7(8)14/h2-4,14H,1H3,(H3,11,13,15)/b12-4+. The smallest absolute Gasteiger partial charge is 0.332 e. The van der Waals surface area contributed by atoms with E-state index in [1.165, 1.54) is 25.5 Å². The summed E-state index contributed by atoms with van der Waals surface area (Å²) in [6.07, 6.45) is 1.29. The molecule has 0 aliphatic carbocycles.